The first-order valence-electron chi connectivity index (χ1n) is 13.6. The van der Waals surface area contributed by atoms with Gasteiger partial charge >= 0.3 is 0 Å². The number of hydrogen-bond acceptors (Lipinski definition) is 6. The molecule has 1 atom stereocenters. The third kappa shape index (κ3) is 5.66. The average Bonchev–Trinajstić information content (AvgIpc) is 3.39. The normalized spacial score (nSPS) is 14.5. The van der Waals surface area contributed by atoms with Gasteiger partial charge in [0, 0.05) is 50.0 Å². The Balaban J connectivity index is 1.45. The van der Waals surface area contributed by atoms with E-state index in [0.29, 0.717) is 35.5 Å². The molecule has 216 valence electrons. The van der Waals surface area contributed by atoms with E-state index in [9.17, 15) is 14.4 Å². The molecular weight excluding hydrogens is 537 g/mol. The highest BCUT2D eigenvalue weighted by Crippen LogP contribution is 2.37. The van der Waals surface area contributed by atoms with E-state index in [4.69, 9.17) is 4.74 Å². The van der Waals surface area contributed by atoms with Crippen LogP contribution in [-0.4, -0.2) is 41.1 Å². The average molecular weight is 570 g/mol. The van der Waals surface area contributed by atoms with Gasteiger partial charge in [0.15, 0.2) is 0 Å². The molecule has 1 aliphatic heterocycles. The summed E-state index contributed by atoms with van der Waals surface area (Å²) < 4.78 is 22.3. The Hall–Kier alpha value is -4.83. The molecule has 0 spiro atoms. The zero-order valence-electron chi connectivity index (χ0n) is 23.9. The van der Waals surface area contributed by atoms with Crippen molar-refractivity contribution in [2.75, 3.05) is 19.0 Å². The van der Waals surface area contributed by atoms with Gasteiger partial charge < -0.3 is 25.3 Å². The van der Waals surface area contributed by atoms with Gasteiger partial charge in [0.05, 0.1) is 13.4 Å². The number of aromatic nitrogens is 2. The lowest BCUT2D eigenvalue weighted by molar-refractivity contribution is -0.119. The molecule has 4 aromatic rings. The third-order valence-electron chi connectivity index (χ3n) is 7.68. The van der Waals surface area contributed by atoms with Crippen molar-refractivity contribution in [3.63, 3.8) is 0 Å². The first-order valence-corrected chi connectivity index (χ1v) is 13.6. The zero-order chi connectivity index (χ0) is 30.0. The SMILES string of the molecule is COc1cc(-c2cccc(-c3cccc(NC(=O)c4cncn(C)c4=O)c3C)c2C)cc(F)c1CNC1CNC(=O)C1. The molecule has 2 amide bonds. The molecule has 3 N–H and O–H groups in total. The number of anilines is 1. The summed E-state index contributed by atoms with van der Waals surface area (Å²) in [5.74, 6) is -0.543. The predicted molar refractivity (Wildman–Crippen MR) is 159 cm³/mol. The zero-order valence-corrected chi connectivity index (χ0v) is 23.9. The molecule has 1 unspecified atom stereocenters. The number of halogens is 1. The Bertz CT molecular complexity index is 1750. The van der Waals surface area contributed by atoms with Crippen LogP contribution >= 0.6 is 0 Å². The molecule has 0 saturated carbocycles. The van der Waals surface area contributed by atoms with Gasteiger partial charge in [0.25, 0.3) is 11.5 Å². The van der Waals surface area contributed by atoms with Crippen LogP contribution in [0.4, 0.5) is 10.1 Å². The van der Waals surface area contributed by atoms with Gasteiger partial charge in [-0.05, 0) is 65.4 Å². The molecule has 5 rings (SSSR count). The van der Waals surface area contributed by atoms with Crippen LogP contribution in [0.2, 0.25) is 0 Å². The quantitative estimate of drug-likeness (QED) is 0.294. The fraction of sp³-hybridized carbons (Fsp3) is 0.250. The van der Waals surface area contributed by atoms with E-state index in [-0.39, 0.29) is 24.1 Å². The van der Waals surface area contributed by atoms with Crippen molar-refractivity contribution >= 4 is 17.5 Å². The number of carbonyl (C=O) groups is 2. The Morgan fingerprint density at radius 2 is 1.81 bits per heavy atom. The fourth-order valence-electron chi connectivity index (χ4n) is 5.27. The maximum absolute atomic E-state index is 15.4. The lowest BCUT2D eigenvalue weighted by Gasteiger charge is -2.18. The summed E-state index contributed by atoms with van der Waals surface area (Å²) in [7, 11) is 3.05. The van der Waals surface area contributed by atoms with Gasteiger partial charge in [0.2, 0.25) is 5.91 Å². The van der Waals surface area contributed by atoms with Crippen molar-refractivity contribution in [3.8, 4) is 28.0 Å². The molecular formula is C32H32FN5O4. The molecule has 3 aromatic carbocycles. The lowest BCUT2D eigenvalue weighted by atomic mass is 9.90. The number of amides is 2. The standard InChI is InChI=1S/C32H32FN5O4/c1-18-22(20-11-27(33)25(29(12-20)42-4)16-35-21-13-30(39)36-14-21)7-5-8-23(18)24-9-6-10-28(19(24)2)37-31(40)26-15-34-17-38(3)32(26)41/h5-12,15,17,21,35H,13-14,16H2,1-4H3,(H,36,39)(H,37,40). The topological polar surface area (TPSA) is 114 Å². The van der Waals surface area contributed by atoms with E-state index in [1.54, 1.807) is 6.07 Å². The van der Waals surface area contributed by atoms with Crippen molar-refractivity contribution in [3.05, 3.63) is 99.5 Å². The van der Waals surface area contributed by atoms with Crippen LogP contribution in [0.15, 0.2) is 65.8 Å². The number of ether oxygens (including phenoxy) is 1. The molecule has 0 radical (unpaired) electrons. The Kier molecular flexibility index (Phi) is 8.17. The van der Waals surface area contributed by atoms with Crippen LogP contribution in [0, 0.1) is 19.7 Å². The van der Waals surface area contributed by atoms with Crippen molar-refractivity contribution in [1.82, 2.24) is 20.2 Å². The fourth-order valence-corrected chi connectivity index (χ4v) is 5.27. The molecule has 42 heavy (non-hydrogen) atoms. The molecule has 10 heteroatoms. The van der Waals surface area contributed by atoms with Crippen molar-refractivity contribution in [1.29, 1.82) is 0 Å². The molecule has 1 aromatic heterocycles. The predicted octanol–water partition coefficient (Wildman–Crippen LogP) is 4.11. The summed E-state index contributed by atoms with van der Waals surface area (Å²) in [5.41, 5.74) is 5.53. The number of benzene rings is 3. The minimum Gasteiger partial charge on any atom is -0.496 e. The van der Waals surface area contributed by atoms with E-state index in [0.717, 1.165) is 27.8 Å². The highest BCUT2D eigenvalue weighted by molar-refractivity contribution is 6.04. The molecule has 1 saturated heterocycles. The van der Waals surface area contributed by atoms with Gasteiger partial charge in [-0.15, -0.1) is 0 Å². The van der Waals surface area contributed by atoms with Crippen molar-refractivity contribution in [2.24, 2.45) is 7.05 Å². The first-order chi connectivity index (χ1) is 20.2. The number of carbonyl (C=O) groups excluding carboxylic acids is 2. The summed E-state index contributed by atoms with van der Waals surface area (Å²) in [6.07, 6.45) is 2.97. The second-order valence-corrected chi connectivity index (χ2v) is 10.4. The summed E-state index contributed by atoms with van der Waals surface area (Å²) >= 11 is 0. The third-order valence-corrected chi connectivity index (χ3v) is 7.68. The molecule has 1 fully saturated rings. The van der Waals surface area contributed by atoms with Crippen LogP contribution in [-0.2, 0) is 18.4 Å². The number of hydrogen-bond donors (Lipinski definition) is 3. The van der Waals surface area contributed by atoms with Crippen molar-refractivity contribution in [2.45, 2.75) is 32.9 Å². The number of aryl methyl sites for hydroxylation is 1. The van der Waals surface area contributed by atoms with Crippen LogP contribution < -0.4 is 26.2 Å². The second-order valence-electron chi connectivity index (χ2n) is 10.4. The maximum atomic E-state index is 15.4. The minimum atomic E-state index is -0.539. The highest BCUT2D eigenvalue weighted by atomic mass is 19.1. The smallest absolute Gasteiger partial charge is 0.265 e. The molecule has 2 heterocycles. The van der Waals surface area contributed by atoms with Gasteiger partial charge in [-0.1, -0.05) is 30.3 Å². The second kappa shape index (κ2) is 12.0. The van der Waals surface area contributed by atoms with E-state index in [2.05, 4.69) is 20.9 Å². The largest absolute Gasteiger partial charge is 0.496 e. The molecule has 0 aliphatic carbocycles. The monoisotopic (exact) mass is 569 g/mol. The van der Waals surface area contributed by atoms with Crippen LogP contribution in [0.1, 0.15) is 33.5 Å². The Labute approximate surface area is 242 Å². The van der Waals surface area contributed by atoms with Crippen molar-refractivity contribution < 1.29 is 18.7 Å². The van der Waals surface area contributed by atoms with E-state index in [1.165, 1.54) is 37.3 Å². The number of rotatable bonds is 8. The first kappa shape index (κ1) is 28.7. The van der Waals surface area contributed by atoms with Gasteiger partial charge in [-0.2, -0.15) is 0 Å². The number of nitrogens with zero attached hydrogens (tertiary/aromatic N) is 2. The highest BCUT2D eigenvalue weighted by Gasteiger charge is 2.23. The van der Waals surface area contributed by atoms with E-state index >= 15 is 4.39 Å². The summed E-state index contributed by atoms with van der Waals surface area (Å²) in [6, 6.07) is 14.7. The Morgan fingerprint density at radius 3 is 2.52 bits per heavy atom. The summed E-state index contributed by atoms with van der Waals surface area (Å²) in [5, 5.41) is 8.85. The van der Waals surface area contributed by atoms with Gasteiger partial charge in [-0.3, -0.25) is 14.4 Å². The molecule has 0 bridgehead atoms. The van der Waals surface area contributed by atoms with Gasteiger partial charge in [0.1, 0.15) is 17.1 Å². The van der Waals surface area contributed by atoms with Crippen LogP contribution in [0.5, 0.6) is 5.75 Å². The van der Waals surface area contributed by atoms with E-state index in [1.807, 2.05) is 50.2 Å². The van der Waals surface area contributed by atoms with Crippen LogP contribution in [0.3, 0.4) is 0 Å². The maximum Gasteiger partial charge on any atom is 0.265 e. The van der Waals surface area contributed by atoms with Crippen LogP contribution in [0.25, 0.3) is 22.3 Å². The number of nitrogens with one attached hydrogen (secondary N) is 3. The molecule has 9 nitrogen and oxygen atoms in total. The summed E-state index contributed by atoms with van der Waals surface area (Å²) in [6.45, 7) is 4.62. The van der Waals surface area contributed by atoms with E-state index < -0.39 is 17.3 Å². The molecule has 1 aliphatic rings. The summed E-state index contributed by atoms with van der Waals surface area (Å²) in [4.78, 5) is 40.8. The van der Waals surface area contributed by atoms with Gasteiger partial charge in [-0.25, -0.2) is 9.37 Å². The lowest BCUT2D eigenvalue weighted by Crippen LogP contribution is -2.30. The minimum absolute atomic E-state index is 0.0203. The Morgan fingerprint density at radius 1 is 1.10 bits per heavy atom. The number of methoxy groups -OCH3 is 1.